The Bertz CT molecular complexity index is 367. The fraction of sp³-hybridized carbons (Fsp3) is 0.364. The quantitative estimate of drug-likeness (QED) is 0.736. The van der Waals surface area contributed by atoms with E-state index in [-0.39, 0.29) is 0 Å². The number of rotatable bonds is 1. The van der Waals surface area contributed by atoms with Crippen molar-refractivity contribution in [2.45, 2.75) is 13.8 Å². The largest absolute Gasteiger partial charge is 0.431 e. The van der Waals surface area contributed by atoms with Gasteiger partial charge in [0, 0.05) is 18.6 Å². The molecule has 0 fully saturated rings. The molecule has 1 aromatic rings. The normalized spacial score (nSPS) is 9.93. The van der Waals surface area contributed by atoms with Crippen LogP contribution in [-0.2, 0) is 0 Å². The first-order chi connectivity index (χ1) is 6.91. The predicted octanol–water partition coefficient (Wildman–Crippen LogP) is 3.29. The van der Waals surface area contributed by atoms with E-state index >= 15 is 0 Å². The molecule has 0 amide bonds. The summed E-state index contributed by atoms with van der Waals surface area (Å²) in [6, 6.07) is 4.03. The van der Waals surface area contributed by atoms with Crippen molar-refractivity contribution < 1.29 is 4.74 Å². The highest BCUT2D eigenvalue weighted by Gasteiger charge is 2.09. The molecule has 0 aliphatic rings. The molecular formula is C11H14BrNOS. The Labute approximate surface area is 104 Å². The van der Waals surface area contributed by atoms with Crippen molar-refractivity contribution in [1.29, 1.82) is 0 Å². The van der Waals surface area contributed by atoms with Crippen molar-refractivity contribution in [3.63, 3.8) is 0 Å². The number of aryl methyl sites for hydroxylation is 2. The number of benzene rings is 1. The number of halogens is 1. The summed E-state index contributed by atoms with van der Waals surface area (Å²) in [5, 5.41) is 0.475. The zero-order valence-corrected chi connectivity index (χ0v) is 11.7. The van der Waals surface area contributed by atoms with E-state index in [1.165, 1.54) is 0 Å². The molecule has 0 spiro atoms. The Hall–Kier alpha value is -0.610. The van der Waals surface area contributed by atoms with Gasteiger partial charge in [-0.3, -0.25) is 0 Å². The lowest BCUT2D eigenvalue weighted by Crippen LogP contribution is -2.25. The third-order valence-corrected chi connectivity index (χ3v) is 2.89. The van der Waals surface area contributed by atoms with Gasteiger partial charge in [-0.05, 0) is 49.3 Å². The van der Waals surface area contributed by atoms with Crippen molar-refractivity contribution in [2.75, 3.05) is 14.1 Å². The van der Waals surface area contributed by atoms with Gasteiger partial charge in [-0.25, -0.2) is 0 Å². The van der Waals surface area contributed by atoms with Gasteiger partial charge < -0.3 is 9.64 Å². The van der Waals surface area contributed by atoms with Crippen LogP contribution in [-0.4, -0.2) is 24.2 Å². The minimum absolute atomic E-state index is 0.475. The summed E-state index contributed by atoms with van der Waals surface area (Å²) in [4.78, 5) is 1.77. The van der Waals surface area contributed by atoms with Crippen LogP contribution in [0, 0.1) is 13.8 Å². The highest BCUT2D eigenvalue weighted by atomic mass is 79.9. The van der Waals surface area contributed by atoms with Crippen LogP contribution in [0.25, 0.3) is 0 Å². The molecule has 82 valence electrons. The number of ether oxygens (including phenoxy) is 1. The summed E-state index contributed by atoms with van der Waals surface area (Å²) >= 11 is 8.55. The lowest BCUT2D eigenvalue weighted by atomic mass is 10.1. The maximum absolute atomic E-state index is 5.63. The van der Waals surface area contributed by atoms with Gasteiger partial charge in [0.05, 0.1) is 0 Å². The first-order valence-electron chi connectivity index (χ1n) is 4.57. The van der Waals surface area contributed by atoms with Gasteiger partial charge in [0.15, 0.2) is 0 Å². The molecule has 1 aromatic carbocycles. The van der Waals surface area contributed by atoms with Crippen molar-refractivity contribution in [2.24, 2.45) is 0 Å². The van der Waals surface area contributed by atoms with Crippen LogP contribution in [0.4, 0.5) is 0 Å². The minimum Gasteiger partial charge on any atom is -0.431 e. The van der Waals surface area contributed by atoms with Crippen LogP contribution >= 0.6 is 28.1 Å². The topological polar surface area (TPSA) is 12.5 Å². The van der Waals surface area contributed by atoms with Gasteiger partial charge in [-0.1, -0.05) is 15.9 Å². The zero-order chi connectivity index (χ0) is 11.6. The fourth-order valence-corrected chi connectivity index (χ4v) is 2.01. The van der Waals surface area contributed by atoms with Crippen molar-refractivity contribution in [1.82, 2.24) is 4.90 Å². The molecule has 0 aromatic heterocycles. The van der Waals surface area contributed by atoms with Gasteiger partial charge in [0.25, 0.3) is 5.17 Å². The molecule has 1 rings (SSSR count). The summed E-state index contributed by atoms with van der Waals surface area (Å²) in [5.41, 5.74) is 2.15. The van der Waals surface area contributed by atoms with Gasteiger partial charge >= 0.3 is 0 Å². The summed E-state index contributed by atoms with van der Waals surface area (Å²) in [6.45, 7) is 4.01. The zero-order valence-electron chi connectivity index (χ0n) is 9.30. The number of hydrogen-bond acceptors (Lipinski definition) is 2. The first-order valence-corrected chi connectivity index (χ1v) is 5.78. The van der Waals surface area contributed by atoms with E-state index in [2.05, 4.69) is 15.9 Å². The molecule has 15 heavy (non-hydrogen) atoms. The fourth-order valence-electron chi connectivity index (χ4n) is 1.24. The molecule has 4 heteroatoms. The van der Waals surface area contributed by atoms with Crippen LogP contribution in [0.1, 0.15) is 11.1 Å². The molecular weight excluding hydrogens is 274 g/mol. The minimum atomic E-state index is 0.475. The van der Waals surface area contributed by atoms with Crippen LogP contribution in [0.5, 0.6) is 5.75 Å². The molecule has 0 heterocycles. The molecule has 0 bridgehead atoms. The molecule has 0 aliphatic carbocycles. The van der Waals surface area contributed by atoms with Crippen LogP contribution in [0.15, 0.2) is 16.6 Å². The monoisotopic (exact) mass is 287 g/mol. The molecule has 0 N–H and O–H groups in total. The van der Waals surface area contributed by atoms with Gasteiger partial charge in [0.2, 0.25) is 0 Å². The van der Waals surface area contributed by atoms with E-state index in [1.807, 2.05) is 40.1 Å². The molecule has 0 aliphatic heterocycles. The second-order valence-electron chi connectivity index (χ2n) is 3.63. The molecule has 0 saturated carbocycles. The Morgan fingerprint density at radius 3 is 2.13 bits per heavy atom. The predicted molar refractivity (Wildman–Crippen MR) is 70.5 cm³/mol. The lowest BCUT2D eigenvalue weighted by molar-refractivity contribution is 0.445. The number of nitrogens with zero attached hydrogens (tertiary/aromatic N) is 1. The van der Waals surface area contributed by atoms with Gasteiger partial charge in [-0.2, -0.15) is 0 Å². The van der Waals surface area contributed by atoms with E-state index in [0.717, 1.165) is 21.3 Å². The Morgan fingerprint density at radius 1 is 1.27 bits per heavy atom. The van der Waals surface area contributed by atoms with E-state index in [9.17, 15) is 0 Å². The summed E-state index contributed by atoms with van der Waals surface area (Å²) in [7, 11) is 3.73. The van der Waals surface area contributed by atoms with Crippen molar-refractivity contribution in [3.05, 3.63) is 27.7 Å². The molecule has 0 unspecified atom stereocenters. The average molecular weight is 288 g/mol. The maximum Gasteiger partial charge on any atom is 0.264 e. The van der Waals surface area contributed by atoms with Crippen LogP contribution in [0.3, 0.4) is 0 Å². The Balaban J connectivity index is 3.00. The second-order valence-corrected chi connectivity index (χ2v) is 4.90. The summed E-state index contributed by atoms with van der Waals surface area (Å²) in [6.07, 6.45) is 0. The van der Waals surface area contributed by atoms with E-state index < -0.39 is 0 Å². The maximum atomic E-state index is 5.63. The van der Waals surface area contributed by atoms with E-state index in [4.69, 9.17) is 17.0 Å². The molecule has 0 saturated heterocycles. The number of thiocarbonyl (C=S) groups is 1. The van der Waals surface area contributed by atoms with Crippen molar-refractivity contribution in [3.8, 4) is 5.75 Å². The first kappa shape index (κ1) is 12.5. The van der Waals surface area contributed by atoms with Crippen LogP contribution in [0.2, 0.25) is 0 Å². The van der Waals surface area contributed by atoms with E-state index in [1.54, 1.807) is 4.90 Å². The standard InChI is InChI=1S/C11H14BrNOS/c1-7-5-9(12)6-8(2)10(7)14-11(15)13(3)4/h5-6H,1-4H3. The van der Waals surface area contributed by atoms with Crippen molar-refractivity contribution >= 4 is 33.3 Å². The summed E-state index contributed by atoms with van der Waals surface area (Å²) in [5.74, 6) is 0.844. The third-order valence-electron chi connectivity index (χ3n) is 1.98. The number of hydrogen-bond donors (Lipinski definition) is 0. The lowest BCUT2D eigenvalue weighted by Gasteiger charge is -2.17. The molecule has 0 radical (unpaired) electrons. The second kappa shape index (κ2) is 4.94. The third kappa shape index (κ3) is 3.18. The Kier molecular flexibility index (Phi) is 4.11. The Morgan fingerprint density at radius 2 is 1.73 bits per heavy atom. The molecule has 0 atom stereocenters. The smallest absolute Gasteiger partial charge is 0.264 e. The van der Waals surface area contributed by atoms with Gasteiger partial charge in [0.1, 0.15) is 5.75 Å². The SMILES string of the molecule is Cc1cc(Br)cc(C)c1OC(=S)N(C)C. The summed E-state index contributed by atoms with van der Waals surface area (Å²) < 4.78 is 6.69. The average Bonchev–Trinajstić information content (AvgIpc) is 2.10. The molecule has 2 nitrogen and oxygen atoms in total. The van der Waals surface area contributed by atoms with E-state index in [0.29, 0.717) is 5.17 Å². The van der Waals surface area contributed by atoms with Gasteiger partial charge in [-0.15, -0.1) is 0 Å². The van der Waals surface area contributed by atoms with Crippen LogP contribution < -0.4 is 4.74 Å². The highest BCUT2D eigenvalue weighted by molar-refractivity contribution is 9.10. The highest BCUT2D eigenvalue weighted by Crippen LogP contribution is 2.27.